The molecule has 0 spiro atoms. The lowest BCUT2D eigenvalue weighted by Gasteiger charge is -2.32. The lowest BCUT2D eigenvalue weighted by Crippen LogP contribution is -2.42. The summed E-state index contributed by atoms with van der Waals surface area (Å²) in [6.45, 7) is 5.36. The molecule has 1 atom stereocenters. The Morgan fingerprint density at radius 1 is 1.18 bits per heavy atom. The number of nitrogen functional groups attached to an aromatic ring is 1. The number of nitriles is 1. The molecular formula is C26H26N6O2. The number of carbonyl (C=O) groups is 1. The number of hydrogen-bond acceptors (Lipinski definition) is 7. The first-order chi connectivity index (χ1) is 16.5. The van der Waals surface area contributed by atoms with E-state index >= 15 is 0 Å². The van der Waals surface area contributed by atoms with Crippen molar-refractivity contribution in [2.24, 2.45) is 5.92 Å². The van der Waals surface area contributed by atoms with Crippen molar-refractivity contribution in [3.05, 3.63) is 73.1 Å². The zero-order valence-electron chi connectivity index (χ0n) is 18.8. The van der Waals surface area contributed by atoms with E-state index in [0.29, 0.717) is 37.0 Å². The van der Waals surface area contributed by atoms with Crippen LogP contribution in [0.1, 0.15) is 12.8 Å². The number of nitrogens with two attached hydrogens (primary N) is 1. The largest absolute Gasteiger partial charge is 0.457 e. The Balaban J connectivity index is 1.45. The standard InChI is InChI=1S/C26H26N6O2/c1-18(14-27)26(33)32-13-5-6-19(16-32)15-29-25-23(24(28)30-17-31-25)20-9-11-22(12-10-20)34-21-7-3-2-4-8-21/h2-4,7-12,17,19H,1,5-6,13,15-16H2,(H3,28,29,30,31). The number of piperidine rings is 1. The maximum Gasteiger partial charge on any atom is 0.263 e. The molecule has 8 heteroatoms. The molecule has 1 amide bonds. The highest BCUT2D eigenvalue weighted by atomic mass is 16.5. The Morgan fingerprint density at radius 3 is 2.65 bits per heavy atom. The molecule has 0 radical (unpaired) electrons. The van der Waals surface area contributed by atoms with Crippen LogP contribution in [0.3, 0.4) is 0 Å². The van der Waals surface area contributed by atoms with Crippen LogP contribution in [0.25, 0.3) is 11.1 Å². The summed E-state index contributed by atoms with van der Waals surface area (Å²) in [6.07, 6.45) is 3.28. The van der Waals surface area contributed by atoms with Gasteiger partial charge in [-0.15, -0.1) is 0 Å². The molecule has 2 aromatic carbocycles. The fraction of sp³-hybridized carbons (Fsp3) is 0.231. The van der Waals surface area contributed by atoms with Crippen LogP contribution in [-0.4, -0.2) is 40.4 Å². The van der Waals surface area contributed by atoms with Crippen molar-refractivity contribution in [2.45, 2.75) is 12.8 Å². The normalized spacial score (nSPS) is 15.3. The van der Waals surface area contributed by atoms with Crippen LogP contribution >= 0.6 is 0 Å². The molecule has 1 aliphatic rings. The van der Waals surface area contributed by atoms with Gasteiger partial charge in [0.1, 0.15) is 41.1 Å². The molecule has 3 aromatic rings. The van der Waals surface area contributed by atoms with Crippen LogP contribution in [0.5, 0.6) is 11.5 Å². The predicted molar refractivity (Wildman–Crippen MR) is 131 cm³/mol. The van der Waals surface area contributed by atoms with Crippen molar-refractivity contribution in [1.82, 2.24) is 14.9 Å². The third-order valence-corrected chi connectivity index (χ3v) is 5.76. The lowest BCUT2D eigenvalue weighted by atomic mass is 9.97. The van der Waals surface area contributed by atoms with E-state index in [2.05, 4.69) is 21.9 Å². The highest BCUT2D eigenvalue weighted by Crippen LogP contribution is 2.33. The number of ether oxygens (including phenoxy) is 1. The fourth-order valence-corrected chi connectivity index (χ4v) is 4.03. The van der Waals surface area contributed by atoms with E-state index in [0.717, 1.165) is 29.7 Å². The third-order valence-electron chi connectivity index (χ3n) is 5.76. The molecule has 2 heterocycles. The first-order valence-corrected chi connectivity index (χ1v) is 11.1. The van der Waals surface area contributed by atoms with Gasteiger partial charge in [0.05, 0.1) is 5.56 Å². The third kappa shape index (κ3) is 5.33. The van der Waals surface area contributed by atoms with E-state index in [1.54, 1.807) is 4.90 Å². The second-order valence-corrected chi connectivity index (χ2v) is 8.15. The van der Waals surface area contributed by atoms with Gasteiger partial charge in [0, 0.05) is 19.6 Å². The Morgan fingerprint density at radius 2 is 1.91 bits per heavy atom. The quantitative estimate of drug-likeness (QED) is 0.405. The summed E-state index contributed by atoms with van der Waals surface area (Å²) in [5.74, 6) is 2.41. The molecule has 0 bridgehead atoms. The Kier molecular flexibility index (Phi) is 7.04. The van der Waals surface area contributed by atoms with Gasteiger partial charge in [0.2, 0.25) is 0 Å². The minimum Gasteiger partial charge on any atom is -0.457 e. The molecule has 0 aliphatic carbocycles. The van der Waals surface area contributed by atoms with Gasteiger partial charge in [-0.2, -0.15) is 5.26 Å². The molecule has 172 valence electrons. The monoisotopic (exact) mass is 454 g/mol. The number of likely N-dealkylation sites (tertiary alicyclic amines) is 1. The van der Waals surface area contributed by atoms with E-state index < -0.39 is 0 Å². The van der Waals surface area contributed by atoms with Crippen LogP contribution < -0.4 is 15.8 Å². The number of amides is 1. The van der Waals surface area contributed by atoms with Gasteiger partial charge in [0.25, 0.3) is 5.91 Å². The first kappa shape index (κ1) is 22.8. The number of nitrogens with zero attached hydrogens (tertiary/aromatic N) is 4. The van der Waals surface area contributed by atoms with Gasteiger partial charge in [-0.05, 0) is 48.6 Å². The summed E-state index contributed by atoms with van der Waals surface area (Å²) in [5.41, 5.74) is 7.78. The SMILES string of the molecule is C=C(C#N)C(=O)N1CCCC(CNc2ncnc(N)c2-c2ccc(Oc3ccccc3)cc2)C1. The second kappa shape index (κ2) is 10.5. The first-order valence-electron chi connectivity index (χ1n) is 11.1. The second-order valence-electron chi connectivity index (χ2n) is 8.15. The maximum atomic E-state index is 12.3. The van der Waals surface area contributed by atoms with Gasteiger partial charge >= 0.3 is 0 Å². The van der Waals surface area contributed by atoms with E-state index in [1.807, 2.05) is 60.7 Å². The van der Waals surface area contributed by atoms with Crippen LogP contribution in [0.2, 0.25) is 0 Å². The zero-order valence-corrected chi connectivity index (χ0v) is 18.8. The van der Waals surface area contributed by atoms with E-state index in [9.17, 15) is 4.79 Å². The summed E-state index contributed by atoms with van der Waals surface area (Å²) in [6, 6.07) is 19.0. The van der Waals surface area contributed by atoms with Gasteiger partial charge in [-0.25, -0.2) is 9.97 Å². The topological polar surface area (TPSA) is 117 Å². The van der Waals surface area contributed by atoms with Crippen molar-refractivity contribution in [3.63, 3.8) is 0 Å². The number of nitrogens with one attached hydrogen (secondary N) is 1. The van der Waals surface area contributed by atoms with Crippen molar-refractivity contribution in [1.29, 1.82) is 5.26 Å². The molecule has 8 nitrogen and oxygen atoms in total. The highest BCUT2D eigenvalue weighted by molar-refractivity contribution is 5.96. The Labute approximate surface area is 198 Å². The molecule has 0 saturated carbocycles. The zero-order chi connectivity index (χ0) is 23.9. The number of carbonyl (C=O) groups excluding carboxylic acids is 1. The lowest BCUT2D eigenvalue weighted by molar-refractivity contribution is -0.128. The number of para-hydroxylation sites is 1. The number of anilines is 2. The minimum absolute atomic E-state index is 0.0286. The average Bonchev–Trinajstić information content (AvgIpc) is 2.88. The maximum absolute atomic E-state index is 12.3. The van der Waals surface area contributed by atoms with Crippen molar-refractivity contribution < 1.29 is 9.53 Å². The minimum atomic E-state index is -0.294. The molecule has 1 unspecified atom stereocenters. The molecule has 4 rings (SSSR count). The van der Waals surface area contributed by atoms with Crippen LogP contribution in [-0.2, 0) is 4.79 Å². The fourth-order valence-electron chi connectivity index (χ4n) is 4.03. The van der Waals surface area contributed by atoms with Crippen LogP contribution in [0.15, 0.2) is 73.1 Å². The summed E-state index contributed by atoms with van der Waals surface area (Å²) in [7, 11) is 0. The number of hydrogen-bond donors (Lipinski definition) is 2. The van der Waals surface area contributed by atoms with E-state index in [-0.39, 0.29) is 17.4 Å². The number of benzene rings is 2. The number of rotatable bonds is 7. The van der Waals surface area contributed by atoms with E-state index in [1.165, 1.54) is 6.33 Å². The van der Waals surface area contributed by atoms with Gasteiger partial charge in [-0.3, -0.25) is 4.79 Å². The Bertz CT molecular complexity index is 1200. The van der Waals surface area contributed by atoms with Gasteiger partial charge in [-0.1, -0.05) is 36.9 Å². The summed E-state index contributed by atoms with van der Waals surface area (Å²) in [4.78, 5) is 22.6. The van der Waals surface area contributed by atoms with Crippen molar-refractivity contribution in [2.75, 3.05) is 30.7 Å². The number of aromatic nitrogens is 2. The molecule has 1 fully saturated rings. The smallest absolute Gasteiger partial charge is 0.263 e. The van der Waals surface area contributed by atoms with E-state index in [4.69, 9.17) is 15.7 Å². The highest BCUT2D eigenvalue weighted by Gasteiger charge is 2.25. The van der Waals surface area contributed by atoms with Gasteiger partial charge < -0.3 is 20.7 Å². The molecule has 1 aliphatic heterocycles. The summed E-state index contributed by atoms with van der Waals surface area (Å²) >= 11 is 0. The molecule has 3 N–H and O–H groups in total. The Hall–Kier alpha value is -4.38. The average molecular weight is 455 g/mol. The van der Waals surface area contributed by atoms with Crippen LogP contribution in [0.4, 0.5) is 11.6 Å². The van der Waals surface area contributed by atoms with Gasteiger partial charge in [0.15, 0.2) is 0 Å². The summed E-state index contributed by atoms with van der Waals surface area (Å²) < 4.78 is 5.87. The molecule has 34 heavy (non-hydrogen) atoms. The van der Waals surface area contributed by atoms with Crippen molar-refractivity contribution in [3.8, 4) is 28.7 Å². The van der Waals surface area contributed by atoms with Crippen LogP contribution in [0, 0.1) is 17.2 Å². The molecule has 1 saturated heterocycles. The molecule has 1 aromatic heterocycles. The predicted octanol–water partition coefficient (Wildman–Crippen LogP) is 4.25. The summed E-state index contributed by atoms with van der Waals surface area (Å²) in [5, 5.41) is 12.4. The molecular weight excluding hydrogens is 428 g/mol. The van der Waals surface area contributed by atoms with Crippen molar-refractivity contribution >= 4 is 17.5 Å².